The number of carbonyl (C=O) groups is 1. The number of thiophene rings is 1. The predicted octanol–water partition coefficient (Wildman–Crippen LogP) is 5.52. The minimum atomic E-state index is -0.379. The molecule has 1 heterocycles. The second-order valence-corrected chi connectivity index (χ2v) is 7.34. The Labute approximate surface area is 160 Å². The summed E-state index contributed by atoms with van der Waals surface area (Å²) in [5.74, 6) is -0.379. The number of rotatable bonds is 4. The maximum absolute atomic E-state index is 12.1. The van der Waals surface area contributed by atoms with Crippen molar-refractivity contribution in [1.82, 2.24) is 0 Å². The summed E-state index contributed by atoms with van der Waals surface area (Å²) in [4.78, 5) is 13.2. The van der Waals surface area contributed by atoms with Crippen LogP contribution < -0.4 is 10.6 Å². The number of aryl methyl sites for hydroxylation is 1. The van der Waals surface area contributed by atoms with E-state index in [-0.39, 0.29) is 5.97 Å². The van der Waals surface area contributed by atoms with Gasteiger partial charge in [-0.2, -0.15) is 0 Å². The largest absolute Gasteiger partial charge is 0.465 e. The predicted molar refractivity (Wildman–Crippen MR) is 106 cm³/mol. The lowest BCUT2D eigenvalue weighted by Crippen LogP contribution is -2.20. The summed E-state index contributed by atoms with van der Waals surface area (Å²) in [7, 11) is 1.37. The smallest absolute Gasteiger partial charge is 0.341 e. The molecule has 24 heavy (non-hydrogen) atoms. The first-order chi connectivity index (χ1) is 11.4. The molecule has 0 amide bonds. The number of benzene rings is 1. The molecule has 0 fully saturated rings. The third-order valence-electron chi connectivity index (χ3n) is 3.36. The first-order valence-electron chi connectivity index (χ1n) is 7.11. The Bertz CT molecular complexity index is 791. The van der Waals surface area contributed by atoms with Crippen molar-refractivity contribution in [3.8, 4) is 0 Å². The van der Waals surface area contributed by atoms with Crippen molar-refractivity contribution in [2.24, 2.45) is 0 Å². The number of esters is 1. The number of methoxy groups -OCH3 is 1. The van der Waals surface area contributed by atoms with E-state index in [0.717, 1.165) is 16.9 Å². The van der Waals surface area contributed by atoms with Crippen molar-refractivity contribution in [1.29, 1.82) is 0 Å². The Balaban J connectivity index is 2.22. The number of thiocarbonyl (C=S) groups is 1. The fraction of sp³-hybridized carbons (Fsp3) is 0.250. The molecule has 0 unspecified atom stereocenters. The summed E-state index contributed by atoms with van der Waals surface area (Å²) in [6.45, 7) is 3.97. The zero-order valence-corrected chi connectivity index (χ0v) is 16.5. The van der Waals surface area contributed by atoms with Crippen LogP contribution in [0.2, 0.25) is 10.0 Å². The van der Waals surface area contributed by atoms with Gasteiger partial charge in [0.05, 0.1) is 22.7 Å². The van der Waals surface area contributed by atoms with Gasteiger partial charge in [0.15, 0.2) is 5.11 Å². The van der Waals surface area contributed by atoms with Gasteiger partial charge >= 0.3 is 5.97 Å². The molecule has 2 N–H and O–H groups in total. The molecule has 1 aromatic heterocycles. The van der Waals surface area contributed by atoms with Gasteiger partial charge in [-0.1, -0.05) is 30.1 Å². The first-order valence-corrected chi connectivity index (χ1v) is 9.09. The van der Waals surface area contributed by atoms with Crippen molar-refractivity contribution in [3.63, 3.8) is 0 Å². The number of halogens is 2. The summed E-state index contributed by atoms with van der Waals surface area (Å²) in [6.07, 6.45) is 0.738. The van der Waals surface area contributed by atoms with E-state index in [4.69, 9.17) is 40.2 Å². The third-order valence-corrected chi connectivity index (χ3v) is 5.36. The molecule has 2 aromatic rings. The van der Waals surface area contributed by atoms with Crippen molar-refractivity contribution >= 4 is 68.5 Å². The number of carbonyl (C=O) groups excluding carboxylic acids is 1. The SMILES string of the molecule is CCc1c(C)sc(NC(=S)Nc2ccc(Cl)c(Cl)c2)c1C(=O)OC. The number of ether oxygens (including phenoxy) is 1. The number of hydrogen-bond acceptors (Lipinski definition) is 4. The standard InChI is InChI=1S/C16H16Cl2N2O2S2/c1-4-10-8(2)24-14(13(10)15(21)22-3)20-16(23)19-9-5-6-11(17)12(18)7-9/h5-7H,4H2,1-3H3,(H2,19,20,23). The van der Waals surface area contributed by atoms with Crippen LogP contribution in [0.4, 0.5) is 10.7 Å². The molecular weight excluding hydrogens is 387 g/mol. The van der Waals surface area contributed by atoms with Crippen LogP contribution in [0, 0.1) is 6.92 Å². The lowest BCUT2D eigenvalue weighted by atomic mass is 10.1. The van der Waals surface area contributed by atoms with E-state index in [1.807, 2.05) is 13.8 Å². The van der Waals surface area contributed by atoms with Crippen LogP contribution >= 0.6 is 46.8 Å². The van der Waals surface area contributed by atoms with E-state index >= 15 is 0 Å². The minimum Gasteiger partial charge on any atom is -0.465 e. The van der Waals surface area contributed by atoms with Crippen LogP contribution in [0.5, 0.6) is 0 Å². The third kappa shape index (κ3) is 4.19. The van der Waals surface area contributed by atoms with Crippen LogP contribution in [0.3, 0.4) is 0 Å². The molecule has 0 aliphatic heterocycles. The topological polar surface area (TPSA) is 50.4 Å². The monoisotopic (exact) mass is 402 g/mol. The van der Waals surface area contributed by atoms with E-state index < -0.39 is 0 Å². The molecular formula is C16H16Cl2N2O2S2. The average Bonchev–Trinajstić information content (AvgIpc) is 2.85. The Morgan fingerprint density at radius 3 is 2.58 bits per heavy atom. The number of anilines is 2. The molecule has 0 saturated heterocycles. The highest BCUT2D eigenvalue weighted by molar-refractivity contribution is 7.80. The lowest BCUT2D eigenvalue weighted by Gasteiger charge is -2.11. The maximum atomic E-state index is 12.1. The van der Waals surface area contributed by atoms with E-state index in [0.29, 0.717) is 31.4 Å². The van der Waals surface area contributed by atoms with E-state index in [2.05, 4.69) is 10.6 Å². The Kier molecular flexibility index (Phi) is 6.46. The molecule has 4 nitrogen and oxygen atoms in total. The second-order valence-electron chi connectivity index (χ2n) is 4.89. The molecule has 8 heteroatoms. The zero-order valence-electron chi connectivity index (χ0n) is 13.3. The van der Waals surface area contributed by atoms with Gasteiger partial charge in [0.1, 0.15) is 5.00 Å². The molecule has 1 aromatic carbocycles. The molecule has 128 valence electrons. The number of hydrogen-bond donors (Lipinski definition) is 2. The van der Waals surface area contributed by atoms with Crippen LogP contribution in [0.25, 0.3) is 0 Å². The Morgan fingerprint density at radius 2 is 2.00 bits per heavy atom. The highest BCUT2D eigenvalue weighted by Gasteiger charge is 2.22. The molecule has 0 radical (unpaired) electrons. The summed E-state index contributed by atoms with van der Waals surface area (Å²) in [5.41, 5.74) is 2.19. The fourth-order valence-electron chi connectivity index (χ4n) is 2.25. The highest BCUT2D eigenvalue weighted by atomic mass is 35.5. The zero-order chi connectivity index (χ0) is 17.9. The first kappa shape index (κ1) is 19.0. The molecule has 0 atom stereocenters. The summed E-state index contributed by atoms with van der Waals surface area (Å²) in [6, 6.07) is 5.12. The van der Waals surface area contributed by atoms with Crippen molar-refractivity contribution in [3.05, 3.63) is 44.2 Å². The normalized spacial score (nSPS) is 10.4. The van der Waals surface area contributed by atoms with E-state index in [1.165, 1.54) is 18.4 Å². The van der Waals surface area contributed by atoms with Crippen LogP contribution in [-0.2, 0) is 11.2 Å². The quantitative estimate of drug-likeness (QED) is 0.520. The maximum Gasteiger partial charge on any atom is 0.341 e. The van der Waals surface area contributed by atoms with Gasteiger partial charge in [-0.25, -0.2) is 4.79 Å². The molecule has 0 saturated carbocycles. The van der Waals surface area contributed by atoms with Crippen LogP contribution in [0.1, 0.15) is 27.7 Å². The summed E-state index contributed by atoms with van der Waals surface area (Å²) >= 11 is 18.7. The summed E-state index contributed by atoms with van der Waals surface area (Å²) in [5, 5.41) is 8.00. The number of nitrogens with one attached hydrogen (secondary N) is 2. The van der Waals surface area contributed by atoms with Crippen molar-refractivity contribution < 1.29 is 9.53 Å². The van der Waals surface area contributed by atoms with Gasteiger partial charge in [-0.15, -0.1) is 11.3 Å². The summed E-state index contributed by atoms with van der Waals surface area (Å²) < 4.78 is 4.89. The van der Waals surface area contributed by atoms with Gasteiger partial charge in [0.25, 0.3) is 0 Å². The molecule has 2 rings (SSSR count). The Hall–Kier alpha value is -1.34. The highest BCUT2D eigenvalue weighted by Crippen LogP contribution is 2.34. The van der Waals surface area contributed by atoms with Crippen LogP contribution in [0.15, 0.2) is 18.2 Å². The van der Waals surface area contributed by atoms with E-state index in [1.54, 1.807) is 18.2 Å². The Morgan fingerprint density at radius 1 is 1.29 bits per heavy atom. The molecule has 0 aliphatic carbocycles. The van der Waals surface area contributed by atoms with Gasteiger partial charge < -0.3 is 15.4 Å². The second kappa shape index (κ2) is 8.16. The lowest BCUT2D eigenvalue weighted by molar-refractivity contribution is 0.0601. The molecule has 0 spiro atoms. The van der Waals surface area contributed by atoms with Gasteiger partial charge in [0.2, 0.25) is 0 Å². The molecule has 0 aliphatic rings. The average molecular weight is 403 g/mol. The van der Waals surface area contributed by atoms with E-state index in [9.17, 15) is 4.79 Å². The van der Waals surface area contributed by atoms with Gasteiger partial charge in [-0.3, -0.25) is 0 Å². The van der Waals surface area contributed by atoms with Crippen LogP contribution in [-0.4, -0.2) is 18.2 Å². The van der Waals surface area contributed by atoms with Crippen molar-refractivity contribution in [2.75, 3.05) is 17.7 Å². The van der Waals surface area contributed by atoms with Gasteiger partial charge in [-0.05, 0) is 49.3 Å². The fourth-order valence-corrected chi connectivity index (χ4v) is 3.97. The minimum absolute atomic E-state index is 0.349. The molecule has 0 bridgehead atoms. The van der Waals surface area contributed by atoms with Gasteiger partial charge in [0, 0.05) is 10.6 Å². The van der Waals surface area contributed by atoms with Crippen molar-refractivity contribution in [2.45, 2.75) is 20.3 Å².